The second-order valence-corrected chi connectivity index (χ2v) is 8.15. The molecule has 3 amide bonds. The third-order valence-electron chi connectivity index (χ3n) is 4.17. The van der Waals surface area contributed by atoms with Gasteiger partial charge < -0.3 is 20.7 Å². The van der Waals surface area contributed by atoms with Gasteiger partial charge in [0.25, 0.3) is 5.91 Å². The summed E-state index contributed by atoms with van der Waals surface area (Å²) in [6, 6.07) is 10.9. The molecule has 0 aliphatic rings. The minimum absolute atomic E-state index is 0.0316. The van der Waals surface area contributed by atoms with Crippen LogP contribution in [0.2, 0.25) is 0 Å². The molecule has 0 unspecified atom stereocenters. The molecule has 0 saturated carbocycles. The number of carbonyl (C=O) groups is 3. The van der Waals surface area contributed by atoms with E-state index >= 15 is 0 Å². The molecule has 2 rings (SSSR count). The zero-order chi connectivity index (χ0) is 24.6. The lowest BCUT2D eigenvalue weighted by atomic mass is 10.1. The Morgan fingerprint density at radius 2 is 1.64 bits per heavy atom. The van der Waals surface area contributed by atoms with Crippen molar-refractivity contribution < 1.29 is 32.3 Å². The molecule has 2 aromatic carbocycles. The van der Waals surface area contributed by atoms with Crippen molar-refractivity contribution in [2.24, 2.45) is 0 Å². The summed E-state index contributed by atoms with van der Waals surface area (Å²) in [6.45, 7) is 5.41. The van der Waals surface area contributed by atoms with Gasteiger partial charge in [-0.05, 0) is 50.6 Å². The highest BCUT2D eigenvalue weighted by Crippen LogP contribution is 2.32. The zero-order valence-corrected chi connectivity index (χ0v) is 18.5. The molecule has 7 nitrogen and oxygen atoms in total. The molecule has 0 radical (unpaired) electrons. The Hall–Kier alpha value is -3.56. The van der Waals surface area contributed by atoms with Crippen LogP contribution in [0.15, 0.2) is 48.5 Å². The number of rotatable bonds is 7. The molecule has 178 valence electrons. The van der Waals surface area contributed by atoms with Gasteiger partial charge in [-0.2, -0.15) is 13.2 Å². The number of hydrogen-bond donors (Lipinski definition) is 3. The topological polar surface area (TPSA) is 96.5 Å². The first kappa shape index (κ1) is 25.7. The highest BCUT2D eigenvalue weighted by atomic mass is 19.4. The van der Waals surface area contributed by atoms with Gasteiger partial charge in [0.05, 0.1) is 11.1 Å². The smallest absolute Gasteiger partial charge is 0.417 e. The molecule has 0 aliphatic carbocycles. The number of alkyl carbamates (subject to hydrolysis) is 1. The summed E-state index contributed by atoms with van der Waals surface area (Å²) in [5, 5.41) is 7.60. The monoisotopic (exact) mass is 465 g/mol. The first-order valence-electron chi connectivity index (χ1n) is 10.2. The van der Waals surface area contributed by atoms with Gasteiger partial charge in [-0.1, -0.05) is 24.3 Å². The molecule has 0 spiro atoms. The maximum atomic E-state index is 13.1. The lowest BCUT2D eigenvalue weighted by molar-refractivity contribution is -0.137. The van der Waals surface area contributed by atoms with Gasteiger partial charge in [0.2, 0.25) is 5.91 Å². The van der Waals surface area contributed by atoms with Crippen molar-refractivity contribution in [1.29, 1.82) is 0 Å². The zero-order valence-electron chi connectivity index (χ0n) is 18.5. The van der Waals surface area contributed by atoms with Gasteiger partial charge in [-0.15, -0.1) is 0 Å². The van der Waals surface area contributed by atoms with Crippen LogP contribution in [0.5, 0.6) is 0 Å². The van der Waals surface area contributed by atoms with Crippen molar-refractivity contribution in [3.05, 3.63) is 65.2 Å². The van der Waals surface area contributed by atoms with E-state index in [4.69, 9.17) is 4.74 Å². The highest BCUT2D eigenvalue weighted by molar-refractivity contribution is 6.05. The molecule has 2 aromatic rings. The normalized spacial score (nSPS) is 11.5. The molecule has 33 heavy (non-hydrogen) atoms. The molecule has 0 fully saturated rings. The quantitative estimate of drug-likeness (QED) is 0.562. The standard InChI is InChI=1S/C23H26F3N3O4/c1-22(2,3)33-21(32)27-12-11-19(30)28-14-15-7-6-8-16(13-15)29-20(31)17-9-4-5-10-18(17)23(24,25)26/h4-10,13H,11-12,14H2,1-3H3,(H,27,32)(H,28,30)(H,29,31). The Morgan fingerprint density at radius 3 is 2.30 bits per heavy atom. The van der Waals surface area contributed by atoms with E-state index in [1.807, 2.05) is 0 Å². The first-order chi connectivity index (χ1) is 15.3. The van der Waals surface area contributed by atoms with Crippen LogP contribution < -0.4 is 16.0 Å². The summed E-state index contributed by atoms with van der Waals surface area (Å²) in [6.07, 6.45) is -5.24. The van der Waals surface area contributed by atoms with Gasteiger partial charge in [0, 0.05) is 25.2 Å². The average Bonchev–Trinajstić information content (AvgIpc) is 2.70. The Kier molecular flexibility index (Phi) is 8.44. The number of benzene rings is 2. The predicted molar refractivity (Wildman–Crippen MR) is 117 cm³/mol. The predicted octanol–water partition coefficient (Wildman–Crippen LogP) is 4.49. The van der Waals surface area contributed by atoms with Crippen molar-refractivity contribution in [2.45, 2.75) is 45.5 Å². The number of amides is 3. The van der Waals surface area contributed by atoms with E-state index < -0.39 is 34.9 Å². The number of hydrogen-bond acceptors (Lipinski definition) is 4. The largest absolute Gasteiger partial charge is 0.444 e. The molecule has 0 atom stereocenters. The SMILES string of the molecule is CC(C)(C)OC(=O)NCCC(=O)NCc1cccc(NC(=O)c2ccccc2C(F)(F)F)c1. The maximum Gasteiger partial charge on any atom is 0.417 e. The number of alkyl halides is 3. The molecule has 0 saturated heterocycles. The lowest BCUT2D eigenvalue weighted by Gasteiger charge is -2.19. The van der Waals surface area contributed by atoms with Crippen LogP contribution in [0.4, 0.5) is 23.7 Å². The van der Waals surface area contributed by atoms with Crippen LogP contribution in [0.25, 0.3) is 0 Å². The molecule has 0 aromatic heterocycles. The summed E-state index contributed by atoms with van der Waals surface area (Å²) < 4.78 is 44.5. The van der Waals surface area contributed by atoms with Gasteiger partial charge in [0.15, 0.2) is 0 Å². The fourth-order valence-corrected chi connectivity index (χ4v) is 2.77. The van der Waals surface area contributed by atoms with Gasteiger partial charge in [0.1, 0.15) is 5.60 Å². The second kappa shape index (κ2) is 10.8. The van der Waals surface area contributed by atoms with Crippen LogP contribution in [-0.2, 0) is 22.3 Å². The van der Waals surface area contributed by atoms with Crippen molar-refractivity contribution in [1.82, 2.24) is 10.6 Å². The summed E-state index contributed by atoms with van der Waals surface area (Å²) >= 11 is 0. The summed E-state index contributed by atoms with van der Waals surface area (Å²) in [5.41, 5.74) is -1.23. The molecule has 3 N–H and O–H groups in total. The van der Waals surface area contributed by atoms with Gasteiger partial charge in [-0.25, -0.2) is 4.79 Å². The molecular weight excluding hydrogens is 439 g/mol. The van der Waals surface area contributed by atoms with E-state index in [0.29, 0.717) is 5.56 Å². The molecule has 0 bridgehead atoms. The van der Waals surface area contributed by atoms with Gasteiger partial charge in [-0.3, -0.25) is 9.59 Å². The summed E-state index contributed by atoms with van der Waals surface area (Å²) in [5.74, 6) is -1.21. The highest BCUT2D eigenvalue weighted by Gasteiger charge is 2.34. The second-order valence-electron chi connectivity index (χ2n) is 8.15. The average molecular weight is 465 g/mol. The van der Waals surface area contributed by atoms with E-state index in [9.17, 15) is 27.6 Å². The van der Waals surface area contributed by atoms with Crippen molar-refractivity contribution in [3.8, 4) is 0 Å². The van der Waals surface area contributed by atoms with E-state index in [-0.39, 0.29) is 31.1 Å². The third-order valence-corrected chi connectivity index (χ3v) is 4.17. The molecular formula is C23H26F3N3O4. The van der Waals surface area contributed by atoms with Crippen molar-refractivity contribution in [2.75, 3.05) is 11.9 Å². The third kappa shape index (κ3) is 8.83. The first-order valence-corrected chi connectivity index (χ1v) is 10.2. The molecule has 0 aliphatic heterocycles. The lowest BCUT2D eigenvalue weighted by Crippen LogP contribution is -2.35. The van der Waals surface area contributed by atoms with Crippen LogP contribution in [-0.4, -0.2) is 30.1 Å². The molecule has 10 heteroatoms. The van der Waals surface area contributed by atoms with E-state index in [1.165, 1.54) is 18.2 Å². The Labute approximate surface area is 189 Å². The number of anilines is 1. The Morgan fingerprint density at radius 1 is 0.939 bits per heavy atom. The van der Waals surface area contributed by atoms with Gasteiger partial charge >= 0.3 is 12.3 Å². The molecule has 0 heterocycles. The minimum atomic E-state index is -4.65. The number of nitrogens with one attached hydrogen (secondary N) is 3. The van der Waals surface area contributed by atoms with Crippen LogP contribution in [0.3, 0.4) is 0 Å². The van der Waals surface area contributed by atoms with Crippen LogP contribution >= 0.6 is 0 Å². The van der Waals surface area contributed by atoms with Crippen molar-refractivity contribution in [3.63, 3.8) is 0 Å². The number of ether oxygens (including phenoxy) is 1. The number of carbonyl (C=O) groups excluding carboxylic acids is 3. The van der Waals surface area contributed by atoms with Crippen LogP contribution in [0, 0.1) is 0 Å². The van der Waals surface area contributed by atoms with Crippen LogP contribution in [0.1, 0.15) is 48.7 Å². The Balaban J connectivity index is 1.88. The Bertz CT molecular complexity index is 1000. The van der Waals surface area contributed by atoms with Crippen molar-refractivity contribution >= 4 is 23.6 Å². The fraction of sp³-hybridized carbons (Fsp3) is 0.348. The van der Waals surface area contributed by atoms with E-state index in [0.717, 1.165) is 12.1 Å². The summed E-state index contributed by atoms with van der Waals surface area (Å²) in [4.78, 5) is 35.9. The maximum absolute atomic E-state index is 13.1. The summed E-state index contributed by atoms with van der Waals surface area (Å²) in [7, 11) is 0. The number of halogens is 3. The minimum Gasteiger partial charge on any atom is -0.444 e. The van der Waals surface area contributed by atoms with E-state index in [2.05, 4.69) is 16.0 Å². The fourth-order valence-electron chi connectivity index (χ4n) is 2.77. The van der Waals surface area contributed by atoms with E-state index in [1.54, 1.807) is 39.0 Å².